The first-order valence-corrected chi connectivity index (χ1v) is 7.10. The first-order valence-electron chi connectivity index (χ1n) is 7.10. The van der Waals surface area contributed by atoms with Gasteiger partial charge in [-0.25, -0.2) is 4.79 Å². The fraction of sp³-hybridized carbons (Fsp3) is 0.235. The van der Waals surface area contributed by atoms with Crippen LogP contribution in [0.5, 0.6) is 5.75 Å². The van der Waals surface area contributed by atoms with E-state index >= 15 is 0 Å². The summed E-state index contributed by atoms with van der Waals surface area (Å²) in [7, 11) is 0. The second kappa shape index (κ2) is 7.36. The second-order valence-electron chi connectivity index (χ2n) is 4.81. The smallest absolute Gasteiger partial charge is 0.411 e. The van der Waals surface area contributed by atoms with Gasteiger partial charge in [-0.15, -0.1) is 0 Å². The van der Waals surface area contributed by atoms with E-state index in [0.717, 1.165) is 5.56 Å². The number of anilines is 2. The van der Waals surface area contributed by atoms with Crippen LogP contribution in [0.1, 0.15) is 18.1 Å². The zero-order chi connectivity index (χ0) is 15.9. The van der Waals surface area contributed by atoms with Gasteiger partial charge in [-0.1, -0.05) is 24.3 Å². The predicted octanol–water partition coefficient (Wildman–Crippen LogP) is 3.72. The standard InChI is InChI=1S/C17H20N2O3/c1-3-21-17(20)19-16-9-8-14(10-15(16)18)22-11-13-7-5-4-6-12(13)2/h4-10H,3,11,18H2,1-2H3,(H,19,20). The molecule has 3 N–H and O–H groups in total. The fourth-order valence-corrected chi connectivity index (χ4v) is 1.95. The van der Waals surface area contributed by atoms with E-state index in [9.17, 15) is 4.79 Å². The Morgan fingerprint density at radius 2 is 2.00 bits per heavy atom. The molecule has 2 aromatic rings. The van der Waals surface area contributed by atoms with Crippen LogP contribution in [-0.4, -0.2) is 12.7 Å². The highest BCUT2D eigenvalue weighted by molar-refractivity contribution is 5.89. The normalized spacial score (nSPS) is 10.1. The Bertz CT molecular complexity index is 656. The van der Waals surface area contributed by atoms with E-state index in [1.165, 1.54) is 5.56 Å². The molecule has 5 nitrogen and oxygen atoms in total. The number of aryl methyl sites for hydroxylation is 1. The molecule has 116 valence electrons. The number of rotatable bonds is 5. The zero-order valence-electron chi connectivity index (χ0n) is 12.8. The monoisotopic (exact) mass is 300 g/mol. The third-order valence-electron chi connectivity index (χ3n) is 3.19. The molecule has 0 fully saturated rings. The average Bonchev–Trinajstić information content (AvgIpc) is 2.49. The summed E-state index contributed by atoms with van der Waals surface area (Å²) in [5, 5.41) is 2.58. The van der Waals surface area contributed by atoms with Crippen LogP contribution in [0.25, 0.3) is 0 Å². The number of nitrogens with two attached hydrogens (primary N) is 1. The third-order valence-corrected chi connectivity index (χ3v) is 3.19. The fourth-order valence-electron chi connectivity index (χ4n) is 1.95. The van der Waals surface area contributed by atoms with E-state index < -0.39 is 6.09 Å². The van der Waals surface area contributed by atoms with Gasteiger partial charge in [-0.3, -0.25) is 5.32 Å². The largest absolute Gasteiger partial charge is 0.489 e. The van der Waals surface area contributed by atoms with Crippen molar-refractivity contribution in [2.75, 3.05) is 17.7 Å². The lowest BCUT2D eigenvalue weighted by atomic mass is 10.1. The van der Waals surface area contributed by atoms with E-state index in [1.54, 1.807) is 25.1 Å². The molecule has 0 bridgehead atoms. The Labute approximate surface area is 130 Å². The number of benzene rings is 2. The third kappa shape index (κ3) is 4.15. The van der Waals surface area contributed by atoms with Crippen molar-refractivity contribution in [3.8, 4) is 5.75 Å². The van der Waals surface area contributed by atoms with Gasteiger partial charge in [0.1, 0.15) is 12.4 Å². The number of hydrogen-bond acceptors (Lipinski definition) is 4. The second-order valence-corrected chi connectivity index (χ2v) is 4.81. The number of ether oxygens (including phenoxy) is 2. The summed E-state index contributed by atoms with van der Waals surface area (Å²) in [6.07, 6.45) is -0.525. The Hall–Kier alpha value is -2.69. The molecule has 0 saturated heterocycles. The first kappa shape index (κ1) is 15.7. The van der Waals surface area contributed by atoms with Gasteiger partial charge in [0.05, 0.1) is 18.0 Å². The topological polar surface area (TPSA) is 73.6 Å². The van der Waals surface area contributed by atoms with E-state index in [2.05, 4.69) is 5.32 Å². The molecule has 22 heavy (non-hydrogen) atoms. The first-order chi connectivity index (χ1) is 10.6. The van der Waals surface area contributed by atoms with Crippen LogP contribution in [0.3, 0.4) is 0 Å². The number of hydrogen-bond donors (Lipinski definition) is 2. The molecule has 0 radical (unpaired) electrons. The minimum atomic E-state index is -0.525. The van der Waals surface area contributed by atoms with Gasteiger partial charge in [-0.05, 0) is 37.1 Å². The van der Waals surface area contributed by atoms with Crippen molar-refractivity contribution in [1.29, 1.82) is 0 Å². The Kier molecular flexibility index (Phi) is 5.25. The Morgan fingerprint density at radius 1 is 1.23 bits per heavy atom. The molecule has 0 unspecified atom stereocenters. The minimum Gasteiger partial charge on any atom is -0.489 e. The van der Waals surface area contributed by atoms with Crippen LogP contribution in [0.15, 0.2) is 42.5 Å². The number of nitrogen functional groups attached to an aromatic ring is 1. The van der Waals surface area contributed by atoms with Gasteiger partial charge in [0.2, 0.25) is 0 Å². The number of carbonyl (C=O) groups is 1. The van der Waals surface area contributed by atoms with Gasteiger partial charge in [-0.2, -0.15) is 0 Å². The van der Waals surface area contributed by atoms with E-state index in [-0.39, 0.29) is 0 Å². The van der Waals surface area contributed by atoms with E-state index in [0.29, 0.717) is 30.3 Å². The summed E-state index contributed by atoms with van der Waals surface area (Å²) in [5.74, 6) is 0.648. The van der Waals surface area contributed by atoms with Gasteiger partial charge >= 0.3 is 6.09 Å². The highest BCUT2D eigenvalue weighted by Gasteiger charge is 2.07. The van der Waals surface area contributed by atoms with Crippen molar-refractivity contribution < 1.29 is 14.3 Å². The van der Waals surface area contributed by atoms with Crippen LogP contribution in [0, 0.1) is 6.92 Å². The molecular weight excluding hydrogens is 280 g/mol. The molecule has 0 spiro atoms. The maximum atomic E-state index is 11.4. The van der Waals surface area contributed by atoms with Crippen molar-refractivity contribution in [1.82, 2.24) is 0 Å². The average molecular weight is 300 g/mol. The van der Waals surface area contributed by atoms with Gasteiger partial charge < -0.3 is 15.2 Å². The molecule has 0 heterocycles. The summed E-state index contributed by atoms with van der Waals surface area (Å²) in [6, 6.07) is 13.2. The lowest BCUT2D eigenvalue weighted by molar-refractivity contribution is 0.168. The number of amides is 1. The van der Waals surface area contributed by atoms with Crippen molar-refractivity contribution in [3.63, 3.8) is 0 Å². The molecule has 2 aromatic carbocycles. The van der Waals surface area contributed by atoms with Crippen LogP contribution in [0.2, 0.25) is 0 Å². The molecule has 0 aromatic heterocycles. The molecular formula is C17H20N2O3. The molecule has 2 rings (SSSR count). The Morgan fingerprint density at radius 3 is 2.68 bits per heavy atom. The molecule has 0 saturated carbocycles. The maximum absolute atomic E-state index is 11.4. The predicted molar refractivity (Wildman–Crippen MR) is 87.0 cm³/mol. The van der Waals surface area contributed by atoms with Crippen molar-refractivity contribution >= 4 is 17.5 Å². The van der Waals surface area contributed by atoms with Crippen molar-refractivity contribution in [2.45, 2.75) is 20.5 Å². The maximum Gasteiger partial charge on any atom is 0.411 e. The van der Waals surface area contributed by atoms with Gasteiger partial charge in [0.15, 0.2) is 0 Å². The molecule has 0 aliphatic carbocycles. The molecule has 1 amide bonds. The highest BCUT2D eigenvalue weighted by Crippen LogP contribution is 2.25. The quantitative estimate of drug-likeness (QED) is 0.825. The van der Waals surface area contributed by atoms with Crippen molar-refractivity contribution in [2.24, 2.45) is 0 Å². The minimum absolute atomic E-state index is 0.309. The SMILES string of the molecule is CCOC(=O)Nc1ccc(OCc2ccccc2C)cc1N. The molecule has 0 aliphatic rings. The Balaban J connectivity index is 2.00. The summed E-state index contributed by atoms with van der Waals surface area (Å²) in [6.45, 7) is 4.56. The highest BCUT2D eigenvalue weighted by atomic mass is 16.5. The summed E-state index contributed by atoms with van der Waals surface area (Å²) < 4.78 is 10.5. The molecule has 0 atom stereocenters. The summed E-state index contributed by atoms with van der Waals surface area (Å²) >= 11 is 0. The van der Waals surface area contributed by atoms with Crippen LogP contribution in [-0.2, 0) is 11.3 Å². The molecule has 5 heteroatoms. The van der Waals surface area contributed by atoms with Crippen LogP contribution < -0.4 is 15.8 Å². The van der Waals surface area contributed by atoms with Crippen LogP contribution >= 0.6 is 0 Å². The number of nitrogens with one attached hydrogen (secondary N) is 1. The summed E-state index contributed by atoms with van der Waals surface area (Å²) in [5.41, 5.74) is 9.14. The lowest BCUT2D eigenvalue weighted by Crippen LogP contribution is -2.14. The summed E-state index contributed by atoms with van der Waals surface area (Å²) in [4.78, 5) is 11.4. The van der Waals surface area contributed by atoms with Gasteiger partial charge in [0, 0.05) is 6.07 Å². The van der Waals surface area contributed by atoms with E-state index in [4.69, 9.17) is 15.2 Å². The number of carbonyl (C=O) groups excluding carboxylic acids is 1. The lowest BCUT2D eigenvalue weighted by Gasteiger charge is -2.12. The van der Waals surface area contributed by atoms with Crippen LogP contribution in [0.4, 0.5) is 16.2 Å². The zero-order valence-corrected chi connectivity index (χ0v) is 12.8. The van der Waals surface area contributed by atoms with Gasteiger partial charge in [0.25, 0.3) is 0 Å². The molecule has 0 aliphatic heterocycles. The van der Waals surface area contributed by atoms with E-state index in [1.807, 2.05) is 31.2 Å². The van der Waals surface area contributed by atoms with Crippen molar-refractivity contribution in [3.05, 3.63) is 53.6 Å².